The zero-order chi connectivity index (χ0) is 12.3. The molecule has 2 aromatic heterocycles. The number of pyridine rings is 1. The van der Waals surface area contributed by atoms with Crippen LogP contribution >= 0.6 is 27.5 Å². The summed E-state index contributed by atoms with van der Waals surface area (Å²) >= 11 is 4.72. The number of aromatic nitrogens is 3. The molecule has 2 aromatic rings. The fourth-order valence-electron chi connectivity index (χ4n) is 1.52. The Balaban J connectivity index is 2.16. The second-order valence-electron chi connectivity index (χ2n) is 3.61. The van der Waals surface area contributed by atoms with Crippen LogP contribution in [0.25, 0.3) is 0 Å². The molecule has 90 valence electrons. The molecule has 0 aliphatic rings. The molecule has 1 atom stereocenters. The first-order valence-electron chi connectivity index (χ1n) is 5.06. The number of nitrogens with zero attached hydrogens (tertiary/aromatic N) is 3. The highest BCUT2D eigenvalue weighted by atomic mass is 79.9. The first kappa shape index (κ1) is 12.6. The van der Waals surface area contributed by atoms with Gasteiger partial charge in [0.1, 0.15) is 0 Å². The van der Waals surface area contributed by atoms with Crippen molar-refractivity contribution in [2.75, 3.05) is 0 Å². The third-order valence-corrected chi connectivity index (χ3v) is 3.82. The van der Waals surface area contributed by atoms with Gasteiger partial charge in [0.15, 0.2) is 0 Å². The van der Waals surface area contributed by atoms with Gasteiger partial charge in [-0.05, 0) is 46.5 Å². The molecular weight excluding hydrogens is 302 g/mol. The standard InChI is InChI=1S/C10H12BrN5S/c1-6-10(17-16-15-6)9(14-12)4-8-3-2-7(11)5-13-8/h2-3,5,9,14H,4,12H2,1H3. The van der Waals surface area contributed by atoms with Crippen molar-refractivity contribution >= 4 is 27.5 Å². The maximum Gasteiger partial charge on any atom is 0.0773 e. The van der Waals surface area contributed by atoms with Crippen molar-refractivity contribution in [1.82, 2.24) is 20.0 Å². The summed E-state index contributed by atoms with van der Waals surface area (Å²) in [6, 6.07) is 3.94. The third kappa shape index (κ3) is 3.06. The van der Waals surface area contributed by atoms with Gasteiger partial charge in [0.25, 0.3) is 0 Å². The zero-order valence-corrected chi connectivity index (χ0v) is 11.6. The second-order valence-corrected chi connectivity index (χ2v) is 5.32. The van der Waals surface area contributed by atoms with E-state index in [1.165, 1.54) is 11.5 Å². The minimum Gasteiger partial charge on any atom is -0.271 e. The Morgan fingerprint density at radius 2 is 2.35 bits per heavy atom. The van der Waals surface area contributed by atoms with Crippen molar-refractivity contribution in [1.29, 1.82) is 0 Å². The normalized spacial score (nSPS) is 12.6. The number of aryl methyl sites for hydroxylation is 1. The van der Waals surface area contributed by atoms with Crippen molar-refractivity contribution in [3.05, 3.63) is 39.1 Å². The molecule has 2 rings (SSSR count). The molecule has 0 spiro atoms. The maximum atomic E-state index is 5.57. The largest absolute Gasteiger partial charge is 0.271 e. The summed E-state index contributed by atoms with van der Waals surface area (Å²) in [7, 11) is 0. The molecule has 0 bridgehead atoms. The van der Waals surface area contributed by atoms with Crippen LogP contribution in [0.3, 0.4) is 0 Å². The van der Waals surface area contributed by atoms with Crippen molar-refractivity contribution in [3.63, 3.8) is 0 Å². The number of hydrogen-bond donors (Lipinski definition) is 2. The second kappa shape index (κ2) is 5.63. The van der Waals surface area contributed by atoms with Crippen LogP contribution in [0.2, 0.25) is 0 Å². The lowest BCUT2D eigenvalue weighted by molar-refractivity contribution is 0.551. The van der Waals surface area contributed by atoms with Crippen LogP contribution in [0.15, 0.2) is 22.8 Å². The van der Waals surface area contributed by atoms with Crippen LogP contribution in [0.4, 0.5) is 0 Å². The Morgan fingerprint density at radius 1 is 1.53 bits per heavy atom. The van der Waals surface area contributed by atoms with Crippen molar-refractivity contribution in [2.24, 2.45) is 5.84 Å². The third-order valence-electron chi connectivity index (χ3n) is 2.41. The molecule has 0 amide bonds. The molecule has 3 N–H and O–H groups in total. The molecule has 7 heteroatoms. The first-order valence-corrected chi connectivity index (χ1v) is 6.62. The van der Waals surface area contributed by atoms with Crippen molar-refractivity contribution in [3.8, 4) is 0 Å². The van der Waals surface area contributed by atoms with E-state index in [0.717, 1.165) is 20.7 Å². The van der Waals surface area contributed by atoms with Crippen molar-refractivity contribution < 1.29 is 0 Å². The molecule has 5 nitrogen and oxygen atoms in total. The Morgan fingerprint density at radius 3 is 2.88 bits per heavy atom. The highest BCUT2D eigenvalue weighted by molar-refractivity contribution is 9.10. The summed E-state index contributed by atoms with van der Waals surface area (Å²) in [5.74, 6) is 5.57. The summed E-state index contributed by atoms with van der Waals surface area (Å²) < 4.78 is 4.88. The quantitative estimate of drug-likeness (QED) is 0.664. The van der Waals surface area contributed by atoms with E-state index in [1.54, 1.807) is 6.20 Å². The topological polar surface area (TPSA) is 76.7 Å². The minimum absolute atomic E-state index is 0.00340. The van der Waals surface area contributed by atoms with E-state index in [1.807, 2.05) is 19.1 Å². The molecule has 0 fully saturated rings. The van der Waals surface area contributed by atoms with Gasteiger partial charge in [-0.2, -0.15) is 0 Å². The molecule has 0 aromatic carbocycles. The van der Waals surface area contributed by atoms with Gasteiger partial charge in [0.2, 0.25) is 0 Å². The highest BCUT2D eigenvalue weighted by Gasteiger charge is 2.16. The predicted octanol–water partition coefficient (Wildman–Crippen LogP) is 1.75. The van der Waals surface area contributed by atoms with Gasteiger partial charge in [-0.25, -0.2) is 0 Å². The van der Waals surface area contributed by atoms with Crippen LogP contribution in [0.1, 0.15) is 22.3 Å². The molecule has 2 heterocycles. The Kier molecular flexibility index (Phi) is 4.16. The number of nitrogens with one attached hydrogen (secondary N) is 1. The number of rotatable bonds is 4. The number of halogens is 1. The Hall–Kier alpha value is -0.890. The van der Waals surface area contributed by atoms with Gasteiger partial charge in [-0.3, -0.25) is 16.3 Å². The first-order chi connectivity index (χ1) is 8.20. The average molecular weight is 314 g/mol. The van der Waals surface area contributed by atoms with Crippen molar-refractivity contribution in [2.45, 2.75) is 19.4 Å². The number of nitrogens with two attached hydrogens (primary N) is 1. The lowest BCUT2D eigenvalue weighted by Gasteiger charge is -2.13. The smallest absolute Gasteiger partial charge is 0.0773 e. The van der Waals surface area contributed by atoms with Crippen LogP contribution in [0, 0.1) is 6.92 Å². The van der Waals surface area contributed by atoms with Gasteiger partial charge in [-0.1, -0.05) is 4.49 Å². The van der Waals surface area contributed by atoms with E-state index in [2.05, 4.69) is 35.9 Å². The van der Waals surface area contributed by atoms with E-state index in [9.17, 15) is 0 Å². The van der Waals surface area contributed by atoms with Gasteiger partial charge >= 0.3 is 0 Å². The van der Waals surface area contributed by atoms with Crippen LogP contribution in [-0.2, 0) is 6.42 Å². The minimum atomic E-state index is 0.00340. The molecule has 17 heavy (non-hydrogen) atoms. The molecule has 0 saturated carbocycles. The molecule has 0 aliphatic carbocycles. The average Bonchev–Trinajstić information content (AvgIpc) is 2.75. The SMILES string of the molecule is Cc1nnsc1C(Cc1ccc(Br)cn1)NN. The molecule has 0 aliphatic heterocycles. The molecule has 1 unspecified atom stereocenters. The maximum absolute atomic E-state index is 5.57. The number of hydrazine groups is 1. The van der Waals surface area contributed by atoms with E-state index < -0.39 is 0 Å². The fraction of sp³-hybridized carbons (Fsp3) is 0.300. The van der Waals surface area contributed by atoms with Crippen LogP contribution < -0.4 is 11.3 Å². The Labute approximate surface area is 112 Å². The lowest BCUT2D eigenvalue weighted by atomic mass is 10.1. The summed E-state index contributed by atoms with van der Waals surface area (Å²) in [6.45, 7) is 1.93. The predicted molar refractivity (Wildman–Crippen MR) is 70.4 cm³/mol. The summed E-state index contributed by atoms with van der Waals surface area (Å²) in [6.07, 6.45) is 2.50. The van der Waals surface area contributed by atoms with Gasteiger partial charge < -0.3 is 0 Å². The molecule has 0 radical (unpaired) electrons. The van der Waals surface area contributed by atoms with E-state index in [-0.39, 0.29) is 6.04 Å². The van der Waals surface area contributed by atoms with Gasteiger partial charge in [0.05, 0.1) is 16.6 Å². The van der Waals surface area contributed by atoms with E-state index >= 15 is 0 Å². The monoisotopic (exact) mass is 313 g/mol. The van der Waals surface area contributed by atoms with Crippen LogP contribution in [0.5, 0.6) is 0 Å². The summed E-state index contributed by atoms with van der Waals surface area (Å²) in [5, 5.41) is 3.99. The molecule has 0 saturated heterocycles. The Bertz CT molecular complexity index is 484. The van der Waals surface area contributed by atoms with Gasteiger partial charge in [-0.15, -0.1) is 5.10 Å². The molecular formula is C10H12BrN5S. The zero-order valence-electron chi connectivity index (χ0n) is 9.22. The summed E-state index contributed by atoms with van der Waals surface area (Å²) in [4.78, 5) is 5.38. The highest BCUT2D eigenvalue weighted by Crippen LogP contribution is 2.22. The van der Waals surface area contributed by atoms with E-state index in [4.69, 9.17) is 5.84 Å². The fourth-order valence-corrected chi connectivity index (χ4v) is 2.46. The number of hydrogen-bond acceptors (Lipinski definition) is 6. The van der Waals surface area contributed by atoms with E-state index in [0.29, 0.717) is 6.42 Å². The lowest BCUT2D eigenvalue weighted by Crippen LogP contribution is -2.29. The van der Waals surface area contributed by atoms with Gasteiger partial charge in [0, 0.05) is 22.8 Å². The summed E-state index contributed by atoms with van der Waals surface area (Å²) in [5.41, 5.74) is 4.68. The van der Waals surface area contributed by atoms with Crippen LogP contribution in [-0.4, -0.2) is 14.6 Å².